The quantitative estimate of drug-likeness (QED) is 0.945. The molecular formula is C16H13ClFNO3. The first kappa shape index (κ1) is 14.7. The minimum Gasteiger partial charge on any atom is -0.486 e. The van der Waals surface area contributed by atoms with Gasteiger partial charge in [-0.1, -0.05) is 23.7 Å². The molecule has 1 aliphatic rings. The molecule has 0 fully saturated rings. The molecule has 2 aromatic rings. The van der Waals surface area contributed by atoms with Crippen LogP contribution in [0.15, 0.2) is 42.5 Å². The maximum Gasteiger partial charge on any atom is 0.254 e. The molecular weight excluding hydrogens is 309 g/mol. The van der Waals surface area contributed by atoms with Gasteiger partial charge in [-0.2, -0.15) is 0 Å². The van der Waals surface area contributed by atoms with E-state index in [1.54, 1.807) is 6.07 Å². The summed E-state index contributed by atoms with van der Waals surface area (Å²) < 4.78 is 24.9. The number of hydrogen-bond donors (Lipinski definition) is 1. The van der Waals surface area contributed by atoms with Crippen LogP contribution in [0.25, 0.3) is 0 Å². The van der Waals surface area contributed by atoms with Crippen molar-refractivity contribution in [1.29, 1.82) is 0 Å². The maximum absolute atomic E-state index is 13.7. The number of benzene rings is 2. The molecule has 114 valence electrons. The van der Waals surface area contributed by atoms with Crippen molar-refractivity contribution in [3.8, 4) is 11.5 Å². The van der Waals surface area contributed by atoms with Gasteiger partial charge >= 0.3 is 0 Å². The first-order chi connectivity index (χ1) is 10.6. The van der Waals surface area contributed by atoms with Gasteiger partial charge in [0.05, 0.1) is 12.1 Å². The third kappa shape index (κ3) is 3.14. The number of rotatable bonds is 3. The molecule has 0 unspecified atom stereocenters. The van der Waals surface area contributed by atoms with Gasteiger partial charge in [-0.15, -0.1) is 0 Å². The van der Waals surface area contributed by atoms with Crippen molar-refractivity contribution in [3.05, 3.63) is 58.9 Å². The van der Waals surface area contributed by atoms with E-state index in [-0.39, 0.29) is 23.2 Å². The zero-order chi connectivity index (χ0) is 15.5. The number of carbonyl (C=O) groups is 1. The Kier molecular flexibility index (Phi) is 4.15. The van der Waals surface area contributed by atoms with Gasteiger partial charge in [-0.05, 0) is 30.3 Å². The Labute approximate surface area is 131 Å². The molecule has 4 nitrogen and oxygen atoms in total. The summed E-state index contributed by atoms with van der Waals surface area (Å²) in [6.07, 6.45) is -0.325. The van der Waals surface area contributed by atoms with Crippen LogP contribution in [0.1, 0.15) is 10.4 Å². The van der Waals surface area contributed by atoms with Crippen LogP contribution in [0.3, 0.4) is 0 Å². The zero-order valence-corrected chi connectivity index (χ0v) is 12.3. The fourth-order valence-electron chi connectivity index (χ4n) is 2.14. The Morgan fingerprint density at radius 2 is 2.05 bits per heavy atom. The summed E-state index contributed by atoms with van der Waals surface area (Å²) in [4.78, 5) is 12.0. The van der Waals surface area contributed by atoms with E-state index in [2.05, 4.69) is 5.32 Å². The van der Waals surface area contributed by atoms with Gasteiger partial charge in [-0.25, -0.2) is 4.39 Å². The molecule has 1 N–H and O–H groups in total. The van der Waals surface area contributed by atoms with E-state index in [1.807, 2.05) is 18.2 Å². The molecule has 0 saturated carbocycles. The minimum absolute atomic E-state index is 0.0541. The van der Waals surface area contributed by atoms with Gasteiger partial charge in [0.15, 0.2) is 11.5 Å². The van der Waals surface area contributed by atoms with Crippen LogP contribution in [-0.2, 0) is 0 Å². The second-order valence-electron chi connectivity index (χ2n) is 4.83. The Balaban J connectivity index is 1.60. The summed E-state index contributed by atoms with van der Waals surface area (Å²) in [5, 5.41) is 2.88. The Morgan fingerprint density at radius 3 is 2.82 bits per heavy atom. The summed E-state index contributed by atoms with van der Waals surface area (Å²) in [7, 11) is 0. The van der Waals surface area contributed by atoms with E-state index >= 15 is 0 Å². The summed E-state index contributed by atoms with van der Waals surface area (Å²) in [6.45, 7) is 0.537. The lowest BCUT2D eigenvalue weighted by Gasteiger charge is -2.26. The fraction of sp³-hybridized carbons (Fsp3) is 0.188. The molecule has 22 heavy (non-hydrogen) atoms. The van der Waals surface area contributed by atoms with Gasteiger partial charge in [0, 0.05) is 5.02 Å². The lowest BCUT2D eigenvalue weighted by molar-refractivity contribution is 0.0787. The predicted octanol–water partition coefficient (Wildman–Crippen LogP) is 3.05. The van der Waals surface area contributed by atoms with Crippen LogP contribution in [-0.4, -0.2) is 25.2 Å². The van der Waals surface area contributed by atoms with Gasteiger partial charge < -0.3 is 14.8 Å². The molecule has 0 spiro atoms. The minimum atomic E-state index is -0.656. The van der Waals surface area contributed by atoms with Crippen LogP contribution in [0.5, 0.6) is 11.5 Å². The molecule has 0 aromatic heterocycles. The van der Waals surface area contributed by atoms with E-state index in [0.29, 0.717) is 18.1 Å². The second kappa shape index (κ2) is 6.23. The Morgan fingerprint density at radius 1 is 1.27 bits per heavy atom. The summed E-state index contributed by atoms with van der Waals surface area (Å²) >= 11 is 5.66. The van der Waals surface area contributed by atoms with Crippen LogP contribution in [0.4, 0.5) is 4.39 Å². The molecule has 0 radical (unpaired) electrons. The highest BCUT2D eigenvalue weighted by molar-refractivity contribution is 6.30. The highest BCUT2D eigenvalue weighted by Gasteiger charge is 2.21. The summed E-state index contributed by atoms with van der Waals surface area (Å²) in [5.41, 5.74) is -0.0541. The predicted molar refractivity (Wildman–Crippen MR) is 80.1 cm³/mol. The number of hydrogen-bond acceptors (Lipinski definition) is 3. The van der Waals surface area contributed by atoms with Gasteiger partial charge in [-0.3, -0.25) is 4.79 Å². The first-order valence-electron chi connectivity index (χ1n) is 6.75. The highest BCUT2D eigenvalue weighted by atomic mass is 35.5. The molecule has 1 amide bonds. The van der Waals surface area contributed by atoms with Crippen LogP contribution >= 0.6 is 11.6 Å². The molecule has 1 heterocycles. The number of nitrogens with one attached hydrogen (secondary N) is 1. The standard InChI is InChI=1S/C16H13ClFNO3/c17-10-5-6-12(13(18)7-10)16(20)19-8-11-9-21-14-3-1-2-4-15(14)22-11/h1-7,11H,8-9H2,(H,19,20)/t11-/m0/s1. The smallest absolute Gasteiger partial charge is 0.254 e. The van der Waals surface area contributed by atoms with Crippen molar-refractivity contribution in [1.82, 2.24) is 5.32 Å². The van der Waals surface area contributed by atoms with E-state index in [0.717, 1.165) is 6.07 Å². The van der Waals surface area contributed by atoms with E-state index in [9.17, 15) is 9.18 Å². The Bertz CT molecular complexity index is 708. The van der Waals surface area contributed by atoms with Crippen LogP contribution < -0.4 is 14.8 Å². The molecule has 0 aliphatic carbocycles. The van der Waals surface area contributed by atoms with Gasteiger partial charge in [0.25, 0.3) is 5.91 Å². The van der Waals surface area contributed by atoms with Crippen molar-refractivity contribution in [2.24, 2.45) is 0 Å². The number of amides is 1. The third-order valence-electron chi connectivity index (χ3n) is 3.23. The summed E-state index contributed by atoms with van der Waals surface area (Å²) in [6, 6.07) is 11.2. The van der Waals surface area contributed by atoms with Crippen molar-refractivity contribution >= 4 is 17.5 Å². The van der Waals surface area contributed by atoms with Crippen molar-refractivity contribution < 1.29 is 18.7 Å². The molecule has 2 aromatic carbocycles. The van der Waals surface area contributed by atoms with Crippen LogP contribution in [0.2, 0.25) is 5.02 Å². The monoisotopic (exact) mass is 321 g/mol. The van der Waals surface area contributed by atoms with E-state index in [4.69, 9.17) is 21.1 Å². The van der Waals surface area contributed by atoms with Gasteiger partial charge in [0.1, 0.15) is 18.5 Å². The number of para-hydroxylation sites is 2. The number of carbonyl (C=O) groups excluding carboxylic acids is 1. The largest absolute Gasteiger partial charge is 0.486 e. The average molecular weight is 322 g/mol. The lowest BCUT2D eigenvalue weighted by atomic mass is 10.2. The van der Waals surface area contributed by atoms with Crippen molar-refractivity contribution in [2.45, 2.75) is 6.10 Å². The average Bonchev–Trinajstić information content (AvgIpc) is 2.52. The molecule has 1 aliphatic heterocycles. The lowest BCUT2D eigenvalue weighted by Crippen LogP contribution is -2.40. The Hall–Kier alpha value is -2.27. The topological polar surface area (TPSA) is 47.6 Å². The molecule has 0 bridgehead atoms. The number of ether oxygens (including phenoxy) is 2. The fourth-order valence-corrected chi connectivity index (χ4v) is 2.30. The molecule has 6 heteroatoms. The molecule has 0 saturated heterocycles. The first-order valence-corrected chi connectivity index (χ1v) is 7.13. The molecule has 3 rings (SSSR count). The second-order valence-corrected chi connectivity index (χ2v) is 5.27. The number of halogens is 2. The van der Waals surface area contributed by atoms with Crippen molar-refractivity contribution in [3.63, 3.8) is 0 Å². The maximum atomic E-state index is 13.7. The molecule has 1 atom stereocenters. The SMILES string of the molecule is O=C(NC[C@H]1COc2ccccc2O1)c1ccc(Cl)cc1F. The van der Waals surface area contributed by atoms with Crippen molar-refractivity contribution in [2.75, 3.05) is 13.2 Å². The third-order valence-corrected chi connectivity index (χ3v) is 3.47. The van der Waals surface area contributed by atoms with Crippen LogP contribution in [0, 0.1) is 5.82 Å². The zero-order valence-electron chi connectivity index (χ0n) is 11.5. The van der Waals surface area contributed by atoms with E-state index < -0.39 is 11.7 Å². The number of fused-ring (bicyclic) bond motifs is 1. The van der Waals surface area contributed by atoms with E-state index in [1.165, 1.54) is 12.1 Å². The summed E-state index contributed by atoms with van der Waals surface area (Å²) in [5.74, 6) is 0.132. The highest BCUT2D eigenvalue weighted by Crippen LogP contribution is 2.30. The normalized spacial score (nSPS) is 16.2. The van der Waals surface area contributed by atoms with Gasteiger partial charge in [0.2, 0.25) is 0 Å².